The molecular weight excluding hydrogens is 877 g/mol. The lowest BCUT2D eigenvalue weighted by Crippen LogP contribution is -2.47. The molecule has 3 aliphatic rings. The number of ether oxygens (including phenoxy) is 2. The lowest BCUT2D eigenvalue weighted by molar-refractivity contribution is -0.159. The number of para-hydroxylation sites is 1. The van der Waals surface area contributed by atoms with Gasteiger partial charge in [0.1, 0.15) is 22.2 Å². The molecule has 2 aromatic heterocycles. The summed E-state index contributed by atoms with van der Waals surface area (Å²) in [4.78, 5) is 68.6. The van der Waals surface area contributed by atoms with E-state index in [1.807, 2.05) is 48.8 Å². The van der Waals surface area contributed by atoms with Gasteiger partial charge in [-0.25, -0.2) is 9.71 Å². The zero-order valence-electron chi connectivity index (χ0n) is 39.8. The van der Waals surface area contributed by atoms with Crippen molar-refractivity contribution in [1.29, 1.82) is 0 Å². The number of hydrogen-bond acceptors (Lipinski definition) is 11. The van der Waals surface area contributed by atoms with Crippen molar-refractivity contribution in [1.82, 2.24) is 28.5 Å². The molecule has 2 fully saturated rings. The first-order valence-corrected chi connectivity index (χ1v) is 25.7. The van der Waals surface area contributed by atoms with E-state index in [9.17, 15) is 27.6 Å². The highest BCUT2D eigenvalue weighted by molar-refractivity contribution is 7.87. The van der Waals surface area contributed by atoms with Gasteiger partial charge in [0, 0.05) is 56.3 Å². The van der Waals surface area contributed by atoms with Gasteiger partial charge in [-0.2, -0.15) is 17.7 Å². The number of aromatic nitrogens is 3. The van der Waals surface area contributed by atoms with E-state index in [0.717, 1.165) is 45.3 Å². The fraction of sp³-hybridized carbons (Fsp3) is 0.560. The van der Waals surface area contributed by atoms with Crippen LogP contribution in [0.4, 0.5) is 0 Å². The highest BCUT2D eigenvalue weighted by Crippen LogP contribution is 2.57. The summed E-state index contributed by atoms with van der Waals surface area (Å²) in [5.74, 6) is -2.62. The maximum absolute atomic E-state index is 14.9. The van der Waals surface area contributed by atoms with Crippen LogP contribution in [0.1, 0.15) is 135 Å². The molecule has 356 valence electrons. The zero-order chi connectivity index (χ0) is 47.7. The van der Waals surface area contributed by atoms with Gasteiger partial charge >= 0.3 is 16.2 Å². The number of Topliss-reactive ketones (excluding diaryl/α,β-unsaturated/α-hetero) is 1. The number of nitrogens with one attached hydrogen (secondary N) is 1. The van der Waals surface area contributed by atoms with Gasteiger partial charge in [-0.15, -0.1) is 11.3 Å². The van der Waals surface area contributed by atoms with E-state index in [1.165, 1.54) is 30.1 Å². The van der Waals surface area contributed by atoms with Crippen LogP contribution in [-0.2, 0) is 40.5 Å². The molecule has 0 radical (unpaired) electrons. The predicted molar refractivity (Wildman–Crippen MR) is 256 cm³/mol. The molecule has 0 spiro atoms. The second-order valence-electron chi connectivity index (χ2n) is 20.1. The Balaban J connectivity index is 1.20. The SMILES string of the molecule is CC(C)c1ccc(Cc2csc(-c3cccc4c3nc(O[C@@H]3C[C@H]5C(=O)C[C@]6(C(=O)NS(=O)(=O)N(C)C)C[C@H]6/C=C\CCCCC[C@H](CC(=O)OC(C)(C)C)C(=O)N5C3)n4C(C)C)n2)cc1. The lowest BCUT2D eigenvalue weighted by Gasteiger charge is -2.29. The van der Waals surface area contributed by atoms with Crippen LogP contribution in [0.25, 0.3) is 21.6 Å². The van der Waals surface area contributed by atoms with E-state index < -0.39 is 51.2 Å². The number of hydrogen-bond donors (Lipinski definition) is 1. The van der Waals surface area contributed by atoms with Crippen molar-refractivity contribution in [3.63, 3.8) is 0 Å². The molecule has 5 atom stereocenters. The molecule has 4 aromatic rings. The number of benzene rings is 2. The van der Waals surface area contributed by atoms with Crippen molar-refractivity contribution >= 4 is 56.1 Å². The number of thiazole rings is 1. The number of fused-ring (bicyclic) bond motifs is 3. The highest BCUT2D eigenvalue weighted by Gasteiger charge is 2.61. The molecule has 0 bridgehead atoms. The Bertz CT molecular complexity index is 2570. The molecule has 1 saturated heterocycles. The van der Waals surface area contributed by atoms with Crippen LogP contribution in [-0.4, -0.2) is 94.1 Å². The van der Waals surface area contributed by atoms with Gasteiger partial charge < -0.3 is 14.4 Å². The first-order valence-electron chi connectivity index (χ1n) is 23.3. The molecule has 4 heterocycles. The Kier molecular flexibility index (Phi) is 14.6. The van der Waals surface area contributed by atoms with Crippen LogP contribution < -0.4 is 9.46 Å². The van der Waals surface area contributed by atoms with Crippen molar-refractivity contribution < 1.29 is 37.1 Å². The summed E-state index contributed by atoms with van der Waals surface area (Å²) in [5, 5.41) is 2.91. The van der Waals surface area contributed by atoms with Crippen molar-refractivity contribution in [2.24, 2.45) is 17.3 Å². The minimum absolute atomic E-state index is 0.0414. The first-order chi connectivity index (χ1) is 31.2. The van der Waals surface area contributed by atoms with Gasteiger partial charge in [-0.1, -0.05) is 69.2 Å². The van der Waals surface area contributed by atoms with Gasteiger partial charge in [0.25, 0.3) is 6.01 Å². The van der Waals surface area contributed by atoms with E-state index >= 15 is 0 Å². The number of ketones is 1. The van der Waals surface area contributed by atoms with Gasteiger partial charge in [-0.3, -0.25) is 23.7 Å². The Morgan fingerprint density at radius 1 is 1.02 bits per heavy atom. The van der Waals surface area contributed by atoms with E-state index in [1.54, 1.807) is 32.1 Å². The average Bonchev–Trinajstić information content (AvgIpc) is 3.55. The van der Waals surface area contributed by atoms with Gasteiger partial charge in [0.2, 0.25) is 11.8 Å². The number of nitrogens with zero attached hydrogens (tertiary/aromatic N) is 5. The van der Waals surface area contributed by atoms with E-state index in [-0.39, 0.29) is 49.5 Å². The van der Waals surface area contributed by atoms with Crippen LogP contribution in [0, 0.1) is 17.3 Å². The molecule has 2 amide bonds. The van der Waals surface area contributed by atoms with Crippen LogP contribution in [0.2, 0.25) is 0 Å². The smallest absolute Gasteiger partial charge is 0.307 e. The van der Waals surface area contributed by atoms with Crippen LogP contribution >= 0.6 is 11.3 Å². The van der Waals surface area contributed by atoms with Gasteiger partial charge in [0.15, 0.2) is 5.78 Å². The highest BCUT2D eigenvalue weighted by atomic mass is 32.2. The summed E-state index contributed by atoms with van der Waals surface area (Å²) < 4.78 is 43.4. The quantitative estimate of drug-likeness (QED) is 0.107. The summed E-state index contributed by atoms with van der Waals surface area (Å²) in [6.45, 7) is 13.8. The van der Waals surface area contributed by atoms with Crippen molar-refractivity contribution in [3.8, 4) is 16.6 Å². The summed E-state index contributed by atoms with van der Waals surface area (Å²) in [7, 11) is -1.49. The summed E-state index contributed by atoms with van der Waals surface area (Å²) in [6.07, 6.45) is 7.37. The molecule has 16 heteroatoms. The lowest BCUT2D eigenvalue weighted by atomic mass is 9.90. The zero-order valence-corrected chi connectivity index (χ0v) is 41.5. The number of allylic oxidation sites excluding steroid dienone is 2. The van der Waals surface area contributed by atoms with Crippen molar-refractivity contribution in [2.45, 2.75) is 142 Å². The van der Waals surface area contributed by atoms with Crippen LogP contribution in [0.5, 0.6) is 6.01 Å². The number of esters is 1. The molecule has 0 unspecified atom stereocenters. The Morgan fingerprint density at radius 3 is 2.44 bits per heavy atom. The van der Waals surface area contributed by atoms with Gasteiger partial charge in [-0.05, 0) is 95.4 Å². The second-order valence-corrected chi connectivity index (χ2v) is 22.9. The third-order valence-corrected chi connectivity index (χ3v) is 15.3. The predicted octanol–water partition coefficient (Wildman–Crippen LogP) is 8.56. The number of carbonyl (C=O) groups is 4. The number of imidazole rings is 1. The molecule has 1 aliphatic carbocycles. The molecule has 2 aromatic carbocycles. The fourth-order valence-electron chi connectivity index (χ4n) is 9.26. The maximum atomic E-state index is 14.9. The molecule has 1 N–H and O–H groups in total. The Labute approximate surface area is 393 Å². The minimum atomic E-state index is -4.14. The van der Waals surface area contributed by atoms with Crippen molar-refractivity contribution in [2.75, 3.05) is 20.6 Å². The fourth-order valence-corrected chi connectivity index (χ4v) is 10.7. The van der Waals surface area contributed by atoms with Gasteiger partial charge in [0.05, 0.1) is 35.6 Å². The second kappa shape index (κ2) is 19.7. The normalized spacial score (nSPS) is 23.7. The largest absolute Gasteiger partial charge is 0.460 e. The van der Waals surface area contributed by atoms with Crippen LogP contribution in [0.3, 0.4) is 0 Å². The molecular formula is C50H66N6O8S2. The molecule has 66 heavy (non-hydrogen) atoms. The van der Waals surface area contributed by atoms with Crippen molar-refractivity contribution in [3.05, 3.63) is 76.8 Å². The third-order valence-electron chi connectivity index (χ3n) is 13.0. The Morgan fingerprint density at radius 2 is 1.76 bits per heavy atom. The standard InChI is InChI=1S/C50H66N6O8S2/c1-31(2)34-22-20-33(21-23-34)24-37-30-65-45(51-37)39-18-15-19-40-44(39)52-48(56(40)32(3)4)63-38-26-41-42(57)28-50(47(60)53-66(61,62)54(8)9)27-36(50)17-14-12-10-11-13-16-35(46(59)55(41)29-38)25-43(58)64-49(5,6)7/h14-15,17-23,30-32,35-36,38,41H,10-13,16,24-29H2,1-9H3,(H,53,60)/b17-14-/t35-,36-,38-,41+,50-/m1/s1. The van der Waals surface area contributed by atoms with E-state index in [2.05, 4.69) is 48.2 Å². The summed E-state index contributed by atoms with van der Waals surface area (Å²) >= 11 is 1.56. The average molecular weight is 943 g/mol. The summed E-state index contributed by atoms with van der Waals surface area (Å²) in [5.41, 5.74) is 3.81. The molecule has 14 nitrogen and oxygen atoms in total. The molecule has 7 rings (SSSR count). The Hall–Kier alpha value is -4.93. The number of rotatable bonds is 12. The molecule has 1 saturated carbocycles. The monoisotopic (exact) mass is 942 g/mol. The van der Waals surface area contributed by atoms with Crippen LogP contribution in [0.15, 0.2) is 60.0 Å². The van der Waals surface area contributed by atoms with E-state index in [0.29, 0.717) is 43.1 Å². The maximum Gasteiger partial charge on any atom is 0.307 e. The number of carbonyl (C=O) groups excluding carboxylic acids is 4. The molecule has 2 aliphatic heterocycles. The third kappa shape index (κ3) is 11.1. The minimum Gasteiger partial charge on any atom is -0.460 e. The summed E-state index contributed by atoms with van der Waals surface area (Å²) in [6, 6.07) is 13.9. The van der Waals surface area contributed by atoms with E-state index in [4.69, 9.17) is 19.4 Å². The first kappa shape index (κ1) is 49.0. The number of amides is 2. The topological polar surface area (TPSA) is 170 Å².